The highest BCUT2D eigenvalue weighted by molar-refractivity contribution is 5.27. The maximum Gasteiger partial charge on any atom is 0.123 e. The van der Waals surface area contributed by atoms with Gasteiger partial charge in [0.05, 0.1) is 6.10 Å². The van der Waals surface area contributed by atoms with Gasteiger partial charge in [0.1, 0.15) is 5.82 Å². The summed E-state index contributed by atoms with van der Waals surface area (Å²) in [5.74, 6) is 0.0520. The van der Waals surface area contributed by atoms with Gasteiger partial charge in [0, 0.05) is 13.2 Å². The van der Waals surface area contributed by atoms with Crippen molar-refractivity contribution in [2.45, 2.75) is 32.3 Å². The highest BCUT2D eigenvalue weighted by Gasteiger charge is 2.22. The Morgan fingerprint density at radius 3 is 2.82 bits per heavy atom. The highest BCUT2D eigenvalue weighted by atomic mass is 19.1. The van der Waals surface area contributed by atoms with Crippen LogP contribution < -0.4 is 0 Å². The van der Waals surface area contributed by atoms with Gasteiger partial charge in [-0.25, -0.2) is 4.39 Å². The number of ether oxygens (including phenoxy) is 1. The summed E-state index contributed by atoms with van der Waals surface area (Å²) in [5, 5.41) is 10.2. The van der Waals surface area contributed by atoms with Gasteiger partial charge < -0.3 is 9.84 Å². The first-order valence-corrected chi connectivity index (χ1v) is 6.17. The minimum Gasteiger partial charge on any atom is -0.392 e. The third kappa shape index (κ3) is 3.27. The van der Waals surface area contributed by atoms with E-state index in [1.165, 1.54) is 12.1 Å². The summed E-state index contributed by atoms with van der Waals surface area (Å²) in [6.07, 6.45) is 1.94. The molecule has 0 bridgehead atoms. The molecule has 1 aliphatic heterocycles. The van der Waals surface area contributed by atoms with Crippen LogP contribution >= 0.6 is 0 Å². The third-order valence-corrected chi connectivity index (χ3v) is 3.55. The Morgan fingerprint density at radius 2 is 2.12 bits per heavy atom. The summed E-state index contributed by atoms with van der Waals surface area (Å²) >= 11 is 0. The van der Waals surface area contributed by atoms with Gasteiger partial charge in [0.25, 0.3) is 0 Å². The van der Waals surface area contributed by atoms with Crippen LogP contribution in [0.3, 0.4) is 0 Å². The lowest BCUT2D eigenvalue weighted by Crippen LogP contribution is -2.29. The van der Waals surface area contributed by atoms with Crippen molar-refractivity contribution in [3.63, 3.8) is 0 Å². The van der Waals surface area contributed by atoms with Crippen LogP contribution in [0, 0.1) is 18.7 Å². The van der Waals surface area contributed by atoms with Gasteiger partial charge in [0.15, 0.2) is 0 Å². The van der Waals surface area contributed by atoms with Crippen molar-refractivity contribution in [1.29, 1.82) is 0 Å². The number of aliphatic hydroxyl groups excluding tert-OH is 1. The molecule has 2 nitrogen and oxygen atoms in total. The topological polar surface area (TPSA) is 29.5 Å². The monoisotopic (exact) mass is 238 g/mol. The van der Waals surface area contributed by atoms with Crippen LogP contribution in [0.5, 0.6) is 0 Å². The Balaban J connectivity index is 2.01. The molecule has 0 spiro atoms. The minimum atomic E-state index is -0.389. The van der Waals surface area contributed by atoms with E-state index in [1.807, 2.05) is 6.92 Å². The SMILES string of the molecule is Cc1ccc(F)cc1CC(O)C1CCOCC1. The molecule has 1 N–H and O–H groups in total. The molecule has 2 rings (SSSR count). The van der Waals surface area contributed by atoms with Crippen LogP contribution in [0.2, 0.25) is 0 Å². The van der Waals surface area contributed by atoms with E-state index in [0.717, 1.165) is 37.2 Å². The highest BCUT2D eigenvalue weighted by Crippen LogP contribution is 2.22. The van der Waals surface area contributed by atoms with Crippen molar-refractivity contribution < 1.29 is 14.2 Å². The molecule has 1 aromatic carbocycles. The molecule has 0 radical (unpaired) electrons. The van der Waals surface area contributed by atoms with Crippen LogP contribution in [0.25, 0.3) is 0 Å². The van der Waals surface area contributed by atoms with Gasteiger partial charge >= 0.3 is 0 Å². The van der Waals surface area contributed by atoms with E-state index in [2.05, 4.69) is 0 Å². The van der Waals surface area contributed by atoms with Crippen LogP contribution in [0.15, 0.2) is 18.2 Å². The van der Waals surface area contributed by atoms with Gasteiger partial charge in [-0.15, -0.1) is 0 Å². The Labute approximate surface area is 101 Å². The lowest BCUT2D eigenvalue weighted by molar-refractivity contribution is 0.00833. The molecular weight excluding hydrogens is 219 g/mol. The zero-order chi connectivity index (χ0) is 12.3. The second-order valence-electron chi connectivity index (χ2n) is 4.79. The Morgan fingerprint density at radius 1 is 1.41 bits per heavy atom. The molecular formula is C14H19FO2. The molecule has 0 saturated carbocycles. The maximum absolute atomic E-state index is 13.1. The maximum atomic E-state index is 13.1. The van der Waals surface area contributed by atoms with Crippen molar-refractivity contribution in [3.8, 4) is 0 Å². The van der Waals surface area contributed by atoms with E-state index in [-0.39, 0.29) is 17.8 Å². The fourth-order valence-corrected chi connectivity index (χ4v) is 2.35. The normalized spacial score (nSPS) is 19.2. The average molecular weight is 238 g/mol. The second-order valence-corrected chi connectivity index (χ2v) is 4.79. The number of halogens is 1. The number of aliphatic hydroxyl groups is 1. The molecule has 1 unspecified atom stereocenters. The zero-order valence-electron chi connectivity index (χ0n) is 10.2. The fourth-order valence-electron chi connectivity index (χ4n) is 2.35. The molecule has 1 aromatic rings. The van der Waals surface area contributed by atoms with Crippen molar-refractivity contribution in [2.75, 3.05) is 13.2 Å². The first-order chi connectivity index (χ1) is 8.16. The second kappa shape index (κ2) is 5.61. The van der Waals surface area contributed by atoms with Crippen LogP contribution in [-0.4, -0.2) is 24.4 Å². The largest absolute Gasteiger partial charge is 0.392 e. The molecule has 1 saturated heterocycles. The Hall–Kier alpha value is -0.930. The summed E-state index contributed by atoms with van der Waals surface area (Å²) in [6.45, 7) is 3.40. The number of benzene rings is 1. The van der Waals surface area contributed by atoms with E-state index < -0.39 is 0 Å². The van der Waals surface area contributed by atoms with E-state index in [9.17, 15) is 9.50 Å². The van der Waals surface area contributed by atoms with Gasteiger partial charge in [0.2, 0.25) is 0 Å². The molecule has 17 heavy (non-hydrogen) atoms. The average Bonchev–Trinajstić information content (AvgIpc) is 2.35. The van der Waals surface area contributed by atoms with E-state index in [0.29, 0.717) is 6.42 Å². The molecule has 0 aliphatic carbocycles. The molecule has 0 amide bonds. The molecule has 1 aliphatic rings. The minimum absolute atomic E-state index is 0.232. The molecule has 3 heteroatoms. The molecule has 94 valence electrons. The summed E-state index contributed by atoms with van der Waals surface area (Å²) < 4.78 is 18.4. The van der Waals surface area contributed by atoms with Crippen LogP contribution in [0.4, 0.5) is 4.39 Å². The fraction of sp³-hybridized carbons (Fsp3) is 0.571. The van der Waals surface area contributed by atoms with E-state index in [1.54, 1.807) is 6.07 Å². The van der Waals surface area contributed by atoms with Gasteiger partial charge in [-0.2, -0.15) is 0 Å². The Kier molecular flexibility index (Phi) is 4.13. The van der Waals surface area contributed by atoms with E-state index >= 15 is 0 Å². The summed E-state index contributed by atoms with van der Waals surface area (Å²) in [4.78, 5) is 0. The lowest BCUT2D eigenvalue weighted by atomic mass is 9.89. The van der Waals surface area contributed by atoms with E-state index in [4.69, 9.17) is 4.74 Å². The molecule has 1 atom stereocenters. The van der Waals surface area contributed by atoms with Crippen molar-refractivity contribution in [1.82, 2.24) is 0 Å². The first kappa shape index (κ1) is 12.5. The quantitative estimate of drug-likeness (QED) is 0.876. The van der Waals surface area contributed by atoms with Crippen molar-refractivity contribution >= 4 is 0 Å². The molecule has 1 heterocycles. The summed E-state index contributed by atoms with van der Waals surface area (Å²) in [7, 11) is 0. The van der Waals surface area contributed by atoms with Gasteiger partial charge in [-0.05, 0) is 55.4 Å². The number of aryl methyl sites for hydroxylation is 1. The standard InChI is InChI=1S/C14H19FO2/c1-10-2-3-13(15)8-12(10)9-14(16)11-4-6-17-7-5-11/h2-3,8,11,14,16H,4-7,9H2,1H3. The predicted octanol–water partition coefficient (Wildman–Crippen LogP) is 2.46. The zero-order valence-corrected chi connectivity index (χ0v) is 10.2. The first-order valence-electron chi connectivity index (χ1n) is 6.17. The predicted molar refractivity (Wildman–Crippen MR) is 64.4 cm³/mol. The summed E-state index contributed by atoms with van der Waals surface area (Å²) in [5.41, 5.74) is 1.95. The Bertz CT molecular complexity index is 372. The van der Waals surface area contributed by atoms with Crippen LogP contribution in [0.1, 0.15) is 24.0 Å². The summed E-state index contributed by atoms with van der Waals surface area (Å²) in [6, 6.07) is 4.75. The number of rotatable bonds is 3. The smallest absolute Gasteiger partial charge is 0.123 e. The number of hydrogen-bond acceptors (Lipinski definition) is 2. The van der Waals surface area contributed by atoms with Crippen molar-refractivity contribution in [2.24, 2.45) is 5.92 Å². The van der Waals surface area contributed by atoms with Gasteiger partial charge in [-0.1, -0.05) is 6.07 Å². The molecule has 1 fully saturated rings. The third-order valence-electron chi connectivity index (χ3n) is 3.55. The van der Waals surface area contributed by atoms with Crippen LogP contribution in [-0.2, 0) is 11.2 Å². The lowest BCUT2D eigenvalue weighted by Gasteiger charge is -2.27. The number of hydrogen-bond donors (Lipinski definition) is 1. The van der Waals surface area contributed by atoms with Crippen molar-refractivity contribution in [3.05, 3.63) is 35.1 Å². The van der Waals surface area contributed by atoms with Gasteiger partial charge in [-0.3, -0.25) is 0 Å². The molecule has 0 aromatic heterocycles.